The van der Waals surface area contributed by atoms with Gasteiger partial charge in [-0.1, -0.05) is 12.1 Å². The number of dihydropyridines is 1. The Balaban J connectivity index is 2.05. The number of nitriles is 2. The third-order valence-electron chi connectivity index (χ3n) is 5.37. The van der Waals surface area contributed by atoms with Crippen LogP contribution in [0.15, 0.2) is 46.1 Å². The zero-order valence-electron chi connectivity index (χ0n) is 16.3. The molecule has 4 rings (SSSR count). The van der Waals surface area contributed by atoms with Crippen molar-refractivity contribution in [3.63, 3.8) is 0 Å². The Morgan fingerprint density at radius 2 is 1.80 bits per heavy atom. The predicted octanol–water partition coefficient (Wildman–Crippen LogP) is 3.25. The summed E-state index contributed by atoms with van der Waals surface area (Å²) < 4.78 is 10.8. The first-order valence-corrected chi connectivity index (χ1v) is 10.2. The van der Waals surface area contributed by atoms with Gasteiger partial charge in [0.25, 0.3) is 0 Å². The Labute approximate surface area is 176 Å². The molecule has 1 unspecified atom stereocenters. The molecule has 30 heavy (non-hydrogen) atoms. The number of hydrogen-bond donors (Lipinski definition) is 1. The molecule has 1 aliphatic heterocycles. The number of esters is 2. The number of carbonyl (C=O) groups excluding carboxylic acids is 2. The van der Waals surface area contributed by atoms with Crippen molar-refractivity contribution >= 4 is 33.4 Å². The summed E-state index contributed by atoms with van der Waals surface area (Å²) in [6.45, 7) is 0. The zero-order chi connectivity index (χ0) is 21.4. The number of benzene rings is 1. The van der Waals surface area contributed by atoms with Crippen LogP contribution in [-0.4, -0.2) is 26.2 Å². The minimum atomic E-state index is -0.834. The molecule has 2 heterocycles. The Kier molecular flexibility index (Phi) is 5.03. The van der Waals surface area contributed by atoms with Gasteiger partial charge in [-0.2, -0.15) is 10.5 Å². The van der Waals surface area contributed by atoms with Crippen molar-refractivity contribution in [1.29, 1.82) is 10.5 Å². The van der Waals surface area contributed by atoms with Gasteiger partial charge in [0.1, 0.15) is 17.8 Å². The molecule has 8 heteroatoms. The van der Waals surface area contributed by atoms with Crippen LogP contribution in [0, 0.1) is 28.6 Å². The van der Waals surface area contributed by atoms with E-state index in [9.17, 15) is 20.1 Å². The summed E-state index contributed by atoms with van der Waals surface area (Å²) in [6.07, 6.45) is 1.76. The second-order valence-electron chi connectivity index (χ2n) is 7.03. The summed E-state index contributed by atoms with van der Waals surface area (Å²) >= 11 is 1.36. The monoisotopic (exact) mass is 419 g/mol. The van der Waals surface area contributed by atoms with E-state index in [1.807, 2.05) is 11.4 Å². The van der Waals surface area contributed by atoms with Gasteiger partial charge < -0.3 is 14.8 Å². The van der Waals surface area contributed by atoms with Gasteiger partial charge in [-0.25, -0.2) is 9.59 Å². The van der Waals surface area contributed by atoms with Crippen LogP contribution in [0.25, 0.3) is 10.1 Å². The fraction of sp³-hybridized carbons (Fsp3) is 0.273. The van der Waals surface area contributed by atoms with Crippen LogP contribution in [-0.2, 0) is 19.1 Å². The number of nitrogens with zero attached hydrogens (tertiary/aromatic N) is 2. The molecule has 0 bridgehead atoms. The topological polar surface area (TPSA) is 112 Å². The molecule has 0 radical (unpaired) electrons. The van der Waals surface area contributed by atoms with Crippen molar-refractivity contribution in [1.82, 2.24) is 5.32 Å². The molecule has 1 aromatic heterocycles. The molecule has 1 N–H and O–H groups in total. The van der Waals surface area contributed by atoms with E-state index in [2.05, 4.69) is 17.5 Å². The van der Waals surface area contributed by atoms with Gasteiger partial charge >= 0.3 is 11.9 Å². The number of fused-ring (bicyclic) bond motifs is 1. The van der Waals surface area contributed by atoms with E-state index in [1.165, 1.54) is 25.6 Å². The van der Waals surface area contributed by atoms with Gasteiger partial charge in [-0.05, 0) is 41.2 Å². The van der Waals surface area contributed by atoms with E-state index in [1.54, 1.807) is 12.1 Å². The van der Waals surface area contributed by atoms with Gasteiger partial charge in [-0.3, -0.25) is 0 Å². The summed E-state index contributed by atoms with van der Waals surface area (Å²) in [4.78, 5) is 25.7. The first kappa shape index (κ1) is 19.7. The normalized spacial score (nSPS) is 18.5. The van der Waals surface area contributed by atoms with Crippen molar-refractivity contribution in [2.24, 2.45) is 5.92 Å². The zero-order valence-corrected chi connectivity index (χ0v) is 17.1. The van der Waals surface area contributed by atoms with E-state index in [4.69, 9.17) is 9.47 Å². The van der Waals surface area contributed by atoms with Crippen LogP contribution in [0.5, 0.6) is 0 Å². The third-order valence-corrected chi connectivity index (χ3v) is 6.41. The SMILES string of the molecule is COC(=O)C1=C(C#N)NC(C2CC2)=C(C(=O)OC)C1c1csc2c(C#N)cccc12. The minimum Gasteiger partial charge on any atom is -0.466 e. The van der Waals surface area contributed by atoms with E-state index in [0.717, 1.165) is 22.9 Å². The summed E-state index contributed by atoms with van der Waals surface area (Å²) in [5.74, 6) is -2.00. The van der Waals surface area contributed by atoms with Crippen molar-refractivity contribution in [2.75, 3.05) is 14.2 Å². The quantitative estimate of drug-likeness (QED) is 0.757. The molecule has 1 atom stereocenters. The van der Waals surface area contributed by atoms with Gasteiger partial charge in [-0.15, -0.1) is 11.3 Å². The predicted molar refractivity (Wildman–Crippen MR) is 109 cm³/mol. The first-order chi connectivity index (χ1) is 14.5. The standard InChI is InChI=1S/C22H17N3O4S/c1-28-21(26)17-15(9-24)25-19(11-6-7-11)18(22(27)29-2)16(17)14-10-30-20-12(8-23)4-3-5-13(14)20/h3-5,10-11,16,25H,6-7H2,1-2H3. The Bertz CT molecular complexity index is 1220. The maximum Gasteiger partial charge on any atom is 0.337 e. The lowest BCUT2D eigenvalue weighted by molar-refractivity contribution is -0.137. The second-order valence-corrected chi connectivity index (χ2v) is 7.91. The van der Waals surface area contributed by atoms with Crippen LogP contribution in [0.1, 0.15) is 29.9 Å². The van der Waals surface area contributed by atoms with Crippen molar-refractivity contribution in [2.45, 2.75) is 18.8 Å². The van der Waals surface area contributed by atoms with Crippen LogP contribution in [0.3, 0.4) is 0 Å². The first-order valence-electron chi connectivity index (χ1n) is 9.27. The van der Waals surface area contributed by atoms with E-state index in [-0.39, 0.29) is 17.2 Å². The number of rotatable bonds is 4. The number of ether oxygens (including phenoxy) is 2. The third kappa shape index (κ3) is 3.02. The molecule has 1 saturated carbocycles. The molecule has 0 amide bonds. The highest BCUT2D eigenvalue weighted by molar-refractivity contribution is 7.17. The number of methoxy groups -OCH3 is 2. The summed E-state index contributed by atoms with van der Waals surface area (Å²) in [7, 11) is 2.52. The molecular weight excluding hydrogens is 402 g/mol. The highest BCUT2D eigenvalue weighted by atomic mass is 32.1. The average Bonchev–Trinajstić information content (AvgIpc) is 3.54. The highest BCUT2D eigenvalue weighted by Crippen LogP contribution is 2.48. The molecule has 7 nitrogen and oxygen atoms in total. The molecule has 1 aliphatic carbocycles. The van der Waals surface area contributed by atoms with Crippen LogP contribution < -0.4 is 5.32 Å². The number of carbonyl (C=O) groups is 2. The maximum atomic E-state index is 12.9. The Hall–Kier alpha value is -3.62. The van der Waals surface area contributed by atoms with Crippen LogP contribution >= 0.6 is 11.3 Å². The molecular formula is C22H17N3O4S. The minimum absolute atomic E-state index is 0.0619. The molecule has 2 aromatic rings. The number of thiophene rings is 1. The lowest BCUT2D eigenvalue weighted by Crippen LogP contribution is -2.34. The van der Waals surface area contributed by atoms with Gasteiger partial charge in [0.05, 0.1) is 41.5 Å². The average molecular weight is 419 g/mol. The lowest BCUT2D eigenvalue weighted by Gasteiger charge is -2.30. The van der Waals surface area contributed by atoms with Gasteiger partial charge in [0, 0.05) is 5.70 Å². The summed E-state index contributed by atoms with van der Waals surface area (Å²) in [5, 5.41) is 24.8. The molecule has 150 valence electrons. The van der Waals surface area contributed by atoms with Crippen LogP contribution in [0.2, 0.25) is 0 Å². The fourth-order valence-corrected chi connectivity index (χ4v) is 4.92. The van der Waals surface area contributed by atoms with Gasteiger partial charge in [0.15, 0.2) is 0 Å². The molecule has 2 aliphatic rings. The number of allylic oxidation sites excluding steroid dienone is 2. The van der Waals surface area contributed by atoms with Gasteiger partial charge in [0.2, 0.25) is 0 Å². The molecule has 1 aromatic carbocycles. The smallest absolute Gasteiger partial charge is 0.337 e. The van der Waals surface area contributed by atoms with Crippen molar-refractivity contribution < 1.29 is 19.1 Å². The number of hydrogen-bond acceptors (Lipinski definition) is 8. The molecule has 1 fully saturated rings. The van der Waals surface area contributed by atoms with E-state index >= 15 is 0 Å². The van der Waals surface area contributed by atoms with Crippen molar-refractivity contribution in [3.05, 3.63) is 57.2 Å². The fourth-order valence-electron chi connectivity index (χ4n) is 3.86. The highest BCUT2D eigenvalue weighted by Gasteiger charge is 2.44. The van der Waals surface area contributed by atoms with E-state index < -0.39 is 17.9 Å². The number of nitrogens with one attached hydrogen (secondary N) is 1. The molecule has 0 saturated heterocycles. The second kappa shape index (κ2) is 7.66. The Morgan fingerprint density at radius 3 is 2.40 bits per heavy atom. The summed E-state index contributed by atoms with van der Waals surface area (Å²) in [6, 6.07) is 9.55. The van der Waals surface area contributed by atoms with E-state index in [0.29, 0.717) is 22.4 Å². The lowest BCUT2D eigenvalue weighted by atomic mass is 9.79. The Morgan fingerprint density at radius 1 is 1.10 bits per heavy atom. The maximum absolute atomic E-state index is 12.9. The molecule has 0 spiro atoms. The van der Waals surface area contributed by atoms with Crippen molar-refractivity contribution in [3.8, 4) is 12.1 Å². The largest absolute Gasteiger partial charge is 0.466 e. The summed E-state index contributed by atoms with van der Waals surface area (Å²) in [5.41, 5.74) is 2.23. The van der Waals surface area contributed by atoms with Crippen LogP contribution in [0.4, 0.5) is 0 Å².